The zero-order valence-corrected chi connectivity index (χ0v) is 15.5. The van der Waals surface area contributed by atoms with Crippen molar-refractivity contribution in [2.24, 2.45) is 0 Å². The van der Waals surface area contributed by atoms with Crippen LogP contribution >= 0.6 is 0 Å². The van der Waals surface area contributed by atoms with E-state index < -0.39 is 8.32 Å². The summed E-state index contributed by atoms with van der Waals surface area (Å²) in [6.45, 7) is 14.4. The van der Waals surface area contributed by atoms with E-state index in [1.54, 1.807) is 0 Å². The van der Waals surface area contributed by atoms with Crippen LogP contribution in [-0.2, 0) is 17.3 Å². The molecule has 0 fully saturated rings. The molecule has 0 saturated carbocycles. The highest BCUT2D eigenvalue weighted by molar-refractivity contribution is 6.74. The first-order valence-electron chi connectivity index (χ1n) is 8.16. The maximum absolute atomic E-state index is 6.60. The van der Waals surface area contributed by atoms with Gasteiger partial charge in [0.05, 0.1) is 6.61 Å². The average molecular weight is 307 g/mol. The molecular formula is C18H30O2Si. The molecule has 2 rings (SSSR count). The van der Waals surface area contributed by atoms with Crippen molar-refractivity contribution in [1.29, 1.82) is 0 Å². The fourth-order valence-electron chi connectivity index (χ4n) is 2.72. The van der Waals surface area contributed by atoms with Gasteiger partial charge in [-0.3, -0.25) is 0 Å². The van der Waals surface area contributed by atoms with Gasteiger partial charge in [-0.05, 0) is 61.5 Å². The maximum Gasteiger partial charge on any atom is 0.192 e. The second kappa shape index (κ2) is 6.13. The molecule has 0 heterocycles. The lowest BCUT2D eigenvalue weighted by Crippen LogP contribution is -2.45. The van der Waals surface area contributed by atoms with Gasteiger partial charge in [0.25, 0.3) is 0 Å². The van der Waals surface area contributed by atoms with E-state index in [0.29, 0.717) is 6.10 Å². The molecule has 0 N–H and O–H groups in total. The number of hydrogen-bond acceptors (Lipinski definition) is 2. The van der Waals surface area contributed by atoms with Gasteiger partial charge < -0.3 is 9.16 Å². The minimum absolute atomic E-state index is 0.278. The van der Waals surface area contributed by atoms with Crippen molar-refractivity contribution in [3.05, 3.63) is 29.3 Å². The summed E-state index contributed by atoms with van der Waals surface area (Å²) in [5.74, 6) is 1.07. The highest BCUT2D eigenvalue weighted by atomic mass is 28.4. The van der Waals surface area contributed by atoms with E-state index in [2.05, 4.69) is 52.1 Å². The van der Waals surface area contributed by atoms with Crippen molar-refractivity contribution in [1.82, 2.24) is 0 Å². The highest BCUT2D eigenvalue weighted by Gasteiger charge is 2.39. The van der Waals surface area contributed by atoms with Crippen LogP contribution in [0.5, 0.6) is 5.75 Å². The first-order valence-corrected chi connectivity index (χ1v) is 11.1. The Balaban J connectivity index is 2.12. The molecule has 1 aliphatic carbocycles. The largest absolute Gasteiger partial charge is 0.494 e. The van der Waals surface area contributed by atoms with Crippen LogP contribution in [0.1, 0.15) is 45.2 Å². The fraction of sp³-hybridized carbons (Fsp3) is 0.667. The lowest BCUT2D eigenvalue weighted by atomic mass is 9.89. The standard InChI is InChI=1S/C18H30O2Si/c1-7-19-17-10-8-9-14-13-15(11-12-16(14)17)20-21(5,6)18(2,3)4/h8-10,15H,7,11-13H2,1-6H3. The van der Waals surface area contributed by atoms with Crippen LogP contribution in [-0.4, -0.2) is 21.0 Å². The normalized spacial score (nSPS) is 19.2. The van der Waals surface area contributed by atoms with Gasteiger partial charge in [0.1, 0.15) is 5.75 Å². The number of fused-ring (bicyclic) bond motifs is 1. The number of ether oxygens (including phenoxy) is 1. The van der Waals surface area contributed by atoms with Gasteiger partial charge in [-0.15, -0.1) is 0 Å². The first-order chi connectivity index (χ1) is 9.74. The molecule has 0 spiro atoms. The second-order valence-corrected chi connectivity index (χ2v) is 12.3. The molecule has 1 atom stereocenters. The summed E-state index contributed by atoms with van der Waals surface area (Å²) < 4.78 is 12.4. The van der Waals surface area contributed by atoms with Crippen molar-refractivity contribution < 1.29 is 9.16 Å². The predicted molar refractivity (Wildman–Crippen MR) is 91.7 cm³/mol. The van der Waals surface area contributed by atoms with Crippen LogP contribution in [0.25, 0.3) is 0 Å². The third-order valence-electron chi connectivity index (χ3n) is 4.96. The van der Waals surface area contributed by atoms with Crippen LogP contribution < -0.4 is 4.74 Å². The van der Waals surface area contributed by atoms with Gasteiger partial charge >= 0.3 is 0 Å². The van der Waals surface area contributed by atoms with Crippen molar-refractivity contribution in [2.75, 3.05) is 6.61 Å². The summed E-state index contributed by atoms with van der Waals surface area (Å²) >= 11 is 0. The van der Waals surface area contributed by atoms with Crippen molar-refractivity contribution in [3.63, 3.8) is 0 Å². The Bertz CT molecular complexity index is 488. The summed E-state index contributed by atoms with van der Waals surface area (Å²) in [6, 6.07) is 6.44. The summed E-state index contributed by atoms with van der Waals surface area (Å²) in [7, 11) is -1.67. The minimum atomic E-state index is -1.67. The van der Waals surface area contributed by atoms with Gasteiger partial charge in [-0.1, -0.05) is 32.9 Å². The lowest BCUT2D eigenvalue weighted by Gasteiger charge is -2.40. The Morgan fingerprint density at radius 3 is 2.57 bits per heavy atom. The molecule has 2 nitrogen and oxygen atoms in total. The van der Waals surface area contributed by atoms with E-state index in [0.717, 1.165) is 31.6 Å². The van der Waals surface area contributed by atoms with Crippen LogP contribution in [0.2, 0.25) is 18.1 Å². The minimum Gasteiger partial charge on any atom is -0.494 e. The Kier molecular flexibility index (Phi) is 4.84. The summed E-state index contributed by atoms with van der Waals surface area (Å²) in [5, 5.41) is 0.278. The summed E-state index contributed by atoms with van der Waals surface area (Å²) in [5.41, 5.74) is 2.81. The zero-order valence-electron chi connectivity index (χ0n) is 14.5. The van der Waals surface area contributed by atoms with Gasteiger partial charge in [0.2, 0.25) is 0 Å². The Labute approximate surface area is 131 Å². The predicted octanol–water partition coefficient (Wildman–Crippen LogP) is 4.96. The van der Waals surface area contributed by atoms with E-state index in [1.165, 1.54) is 11.1 Å². The quantitative estimate of drug-likeness (QED) is 0.732. The van der Waals surface area contributed by atoms with Crippen molar-refractivity contribution in [3.8, 4) is 5.75 Å². The highest BCUT2D eigenvalue weighted by Crippen LogP contribution is 2.39. The molecule has 21 heavy (non-hydrogen) atoms. The third kappa shape index (κ3) is 3.70. The van der Waals surface area contributed by atoms with E-state index in [9.17, 15) is 0 Å². The molecule has 118 valence electrons. The second-order valence-electron chi connectivity index (χ2n) is 7.57. The molecule has 0 radical (unpaired) electrons. The molecule has 1 aliphatic rings. The Morgan fingerprint density at radius 1 is 1.24 bits per heavy atom. The molecule has 3 heteroatoms. The molecule has 0 aliphatic heterocycles. The Hall–Kier alpha value is -0.803. The molecule has 1 aromatic carbocycles. The summed E-state index contributed by atoms with van der Waals surface area (Å²) in [6.07, 6.45) is 3.59. The third-order valence-corrected chi connectivity index (χ3v) is 9.50. The fourth-order valence-corrected chi connectivity index (χ4v) is 4.11. The van der Waals surface area contributed by atoms with Gasteiger partial charge in [-0.25, -0.2) is 0 Å². The van der Waals surface area contributed by atoms with Crippen LogP contribution in [0.4, 0.5) is 0 Å². The Morgan fingerprint density at radius 2 is 1.95 bits per heavy atom. The maximum atomic E-state index is 6.60. The average Bonchev–Trinajstić information content (AvgIpc) is 2.37. The van der Waals surface area contributed by atoms with Crippen molar-refractivity contribution >= 4 is 8.32 Å². The molecule has 1 aromatic rings. The topological polar surface area (TPSA) is 18.5 Å². The number of rotatable bonds is 4. The molecule has 0 bridgehead atoms. The van der Waals surface area contributed by atoms with Crippen LogP contribution in [0.3, 0.4) is 0 Å². The lowest BCUT2D eigenvalue weighted by molar-refractivity contribution is 0.164. The monoisotopic (exact) mass is 306 g/mol. The SMILES string of the molecule is CCOc1cccc2c1CCC(O[Si](C)(C)C(C)(C)C)C2. The van der Waals surface area contributed by atoms with Crippen LogP contribution in [0, 0.1) is 0 Å². The van der Waals surface area contributed by atoms with Crippen LogP contribution in [0.15, 0.2) is 18.2 Å². The van der Waals surface area contributed by atoms with E-state index >= 15 is 0 Å². The summed E-state index contributed by atoms with van der Waals surface area (Å²) in [4.78, 5) is 0. The first kappa shape index (κ1) is 16.6. The van der Waals surface area contributed by atoms with E-state index in [4.69, 9.17) is 9.16 Å². The van der Waals surface area contributed by atoms with Crippen molar-refractivity contribution in [2.45, 2.75) is 71.2 Å². The van der Waals surface area contributed by atoms with Gasteiger partial charge in [0, 0.05) is 6.10 Å². The van der Waals surface area contributed by atoms with E-state index in [1.807, 2.05) is 6.92 Å². The smallest absolute Gasteiger partial charge is 0.192 e. The number of benzene rings is 1. The van der Waals surface area contributed by atoms with Gasteiger partial charge in [0.15, 0.2) is 8.32 Å². The zero-order chi connectivity index (χ0) is 15.7. The van der Waals surface area contributed by atoms with E-state index in [-0.39, 0.29) is 5.04 Å². The molecule has 0 aromatic heterocycles. The van der Waals surface area contributed by atoms with Gasteiger partial charge in [-0.2, -0.15) is 0 Å². The number of hydrogen-bond donors (Lipinski definition) is 0. The molecular weight excluding hydrogens is 276 g/mol. The molecule has 0 amide bonds. The molecule has 0 saturated heterocycles. The molecule has 1 unspecified atom stereocenters.